The van der Waals surface area contributed by atoms with Crippen LogP contribution >= 0.6 is 0 Å². The van der Waals surface area contributed by atoms with Gasteiger partial charge in [-0.3, -0.25) is 4.79 Å². The molecular weight excluding hydrogens is 292 g/mol. The van der Waals surface area contributed by atoms with Crippen LogP contribution in [-0.4, -0.2) is 56.0 Å². The summed E-state index contributed by atoms with van der Waals surface area (Å²) in [6, 6.07) is 7.94. The molecule has 2 aliphatic rings. The molecular formula is C18H26N2O3. The molecule has 2 heterocycles. The molecule has 3 rings (SSSR count). The second kappa shape index (κ2) is 6.89. The van der Waals surface area contributed by atoms with E-state index in [9.17, 15) is 4.79 Å². The molecule has 2 saturated heterocycles. The molecule has 0 N–H and O–H groups in total. The number of likely N-dealkylation sites (tertiary alicyclic amines) is 1. The van der Waals surface area contributed by atoms with Crippen LogP contribution in [0, 0.1) is 0 Å². The van der Waals surface area contributed by atoms with E-state index in [1.807, 2.05) is 29.2 Å². The molecule has 2 aliphatic heterocycles. The van der Waals surface area contributed by atoms with E-state index in [2.05, 4.69) is 18.7 Å². The van der Waals surface area contributed by atoms with Crippen molar-refractivity contribution in [2.45, 2.75) is 32.5 Å². The molecule has 2 fully saturated rings. The highest BCUT2D eigenvalue weighted by molar-refractivity contribution is 5.94. The van der Waals surface area contributed by atoms with Crippen molar-refractivity contribution in [3.63, 3.8) is 0 Å². The van der Waals surface area contributed by atoms with Crippen molar-refractivity contribution in [3.05, 3.63) is 29.8 Å². The molecule has 0 bridgehead atoms. The van der Waals surface area contributed by atoms with Crippen LogP contribution in [0.4, 0.5) is 5.69 Å². The Kier molecular flexibility index (Phi) is 4.87. The maximum absolute atomic E-state index is 12.7. The molecule has 1 aromatic carbocycles. The Morgan fingerprint density at radius 2 is 1.65 bits per heavy atom. The van der Waals surface area contributed by atoms with Crippen molar-refractivity contribution in [3.8, 4) is 0 Å². The number of hydrogen-bond acceptors (Lipinski definition) is 4. The van der Waals surface area contributed by atoms with E-state index < -0.39 is 5.79 Å². The summed E-state index contributed by atoms with van der Waals surface area (Å²) in [7, 11) is 0. The SMILES string of the molecule is CCN(CC)c1ccc(C(=O)N2CCC3(CC2)OCCO3)cc1. The third kappa shape index (κ3) is 3.35. The predicted octanol–water partition coefficient (Wildman–Crippen LogP) is 2.51. The standard InChI is InChI=1S/C18H26N2O3/c1-3-19(4-2)16-7-5-15(6-8-16)17(21)20-11-9-18(10-12-20)22-13-14-23-18/h5-8H,3-4,9-14H2,1-2H3. The highest BCUT2D eigenvalue weighted by Crippen LogP contribution is 2.31. The Balaban J connectivity index is 1.62. The van der Waals surface area contributed by atoms with E-state index in [-0.39, 0.29) is 5.91 Å². The number of ether oxygens (including phenoxy) is 2. The number of amides is 1. The quantitative estimate of drug-likeness (QED) is 0.855. The highest BCUT2D eigenvalue weighted by Gasteiger charge is 2.40. The van der Waals surface area contributed by atoms with Crippen LogP contribution in [0.2, 0.25) is 0 Å². The lowest BCUT2D eigenvalue weighted by Gasteiger charge is -2.37. The maximum atomic E-state index is 12.7. The third-order valence-electron chi connectivity index (χ3n) is 4.87. The largest absolute Gasteiger partial charge is 0.372 e. The first kappa shape index (κ1) is 16.3. The Labute approximate surface area is 138 Å². The Hall–Kier alpha value is -1.59. The summed E-state index contributed by atoms with van der Waals surface area (Å²) in [4.78, 5) is 16.8. The number of carbonyl (C=O) groups excluding carboxylic acids is 1. The van der Waals surface area contributed by atoms with Crippen LogP contribution in [0.15, 0.2) is 24.3 Å². The van der Waals surface area contributed by atoms with Gasteiger partial charge in [0.05, 0.1) is 13.2 Å². The van der Waals surface area contributed by atoms with Crippen molar-refractivity contribution in [1.29, 1.82) is 0 Å². The lowest BCUT2D eigenvalue weighted by molar-refractivity contribution is -0.181. The van der Waals surface area contributed by atoms with E-state index in [1.165, 1.54) is 0 Å². The minimum absolute atomic E-state index is 0.101. The number of carbonyl (C=O) groups is 1. The summed E-state index contributed by atoms with van der Waals surface area (Å²) in [6.45, 7) is 8.93. The van der Waals surface area contributed by atoms with Crippen LogP contribution in [0.3, 0.4) is 0 Å². The van der Waals surface area contributed by atoms with Gasteiger partial charge in [0.1, 0.15) is 0 Å². The van der Waals surface area contributed by atoms with Crippen LogP contribution in [0.1, 0.15) is 37.0 Å². The fourth-order valence-corrected chi connectivity index (χ4v) is 3.42. The highest BCUT2D eigenvalue weighted by atomic mass is 16.7. The second-order valence-corrected chi connectivity index (χ2v) is 6.12. The summed E-state index contributed by atoms with van der Waals surface area (Å²) in [5.74, 6) is -0.326. The molecule has 23 heavy (non-hydrogen) atoms. The van der Waals surface area contributed by atoms with Gasteiger partial charge in [-0.15, -0.1) is 0 Å². The number of nitrogens with zero attached hydrogens (tertiary/aromatic N) is 2. The van der Waals surface area contributed by atoms with Crippen LogP contribution in [0.25, 0.3) is 0 Å². The molecule has 0 aliphatic carbocycles. The van der Waals surface area contributed by atoms with E-state index in [1.54, 1.807) is 0 Å². The second-order valence-electron chi connectivity index (χ2n) is 6.12. The molecule has 5 heteroatoms. The van der Waals surface area contributed by atoms with Crippen LogP contribution in [-0.2, 0) is 9.47 Å². The minimum Gasteiger partial charge on any atom is -0.372 e. The van der Waals surface area contributed by atoms with Gasteiger partial charge in [0.15, 0.2) is 5.79 Å². The van der Waals surface area contributed by atoms with Gasteiger partial charge in [-0.05, 0) is 38.1 Å². The average Bonchev–Trinajstić information content (AvgIpc) is 3.05. The Morgan fingerprint density at radius 3 is 2.17 bits per heavy atom. The fraction of sp³-hybridized carbons (Fsp3) is 0.611. The van der Waals surface area contributed by atoms with Gasteiger partial charge in [-0.2, -0.15) is 0 Å². The molecule has 0 aromatic heterocycles. The maximum Gasteiger partial charge on any atom is 0.253 e. The van der Waals surface area contributed by atoms with Gasteiger partial charge in [0.2, 0.25) is 0 Å². The summed E-state index contributed by atoms with van der Waals surface area (Å²) < 4.78 is 11.4. The topological polar surface area (TPSA) is 42.0 Å². The normalized spacial score (nSPS) is 20.0. The van der Waals surface area contributed by atoms with Gasteiger partial charge in [0, 0.05) is 50.3 Å². The van der Waals surface area contributed by atoms with E-state index in [0.717, 1.165) is 37.2 Å². The number of anilines is 1. The van der Waals surface area contributed by atoms with Gasteiger partial charge in [-0.25, -0.2) is 0 Å². The number of hydrogen-bond donors (Lipinski definition) is 0. The lowest BCUT2D eigenvalue weighted by atomic mass is 10.0. The summed E-state index contributed by atoms with van der Waals surface area (Å²) >= 11 is 0. The first-order chi connectivity index (χ1) is 11.2. The fourth-order valence-electron chi connectivity index (χ4n) is 3.42. The van der Waals surface area contributed by atoms with Gasteiger partial charge < -0.3 is 19.3 Å². The summed E-state index contributed by atoms with van der Waals surface area (Å²) in [5, 5.41) is 0. The molecule has 0 unspecified atom stereocenters. The van der Waals surface area contributed by atoms with Crippen molar-refractivity contribution in [2.24, 2.45) is 0 Å². The first-order valence-corrected chi connectivity index (χ1v) is 8.59. The first-order valence-electron chi connectivity index (χ1n) is 8.59. The summed E-state index contributed by atoms with van der Waals surface area (Å²) in [5.41, 5.74) is 1.92. The van der Waals surface area contributed by atoms with Gasteiger partial charge in [0.25, 0.3) is 5.91 Å². The molecule has 5 nitrogen and oxygen atoms in total. The zero-order chi connectivity index (χ0) is 16.3. The molecule has 1 amide bonds. The van der Waals surface area contributed by atoms with Crippen molar-refractivity contribution in [1.82, 2.24) is 4.90 Å². The Morgan fingerprint density at radius 1 is 1.09 bits per heavy atom. The lowest BCUT2D eigenvalue weighted by Crippen LogP contribution is -2.47. The monoisotopic (exact) mass is 318 g/mol. The van der Waals surface area contributed by atoms with Crippen molar-refractivity contribution < 1.29 is 14.3 Å². The van der Waals surface area contributed by atoms with Gasteiger partial charge in [-0.1, -0.05) is 0 Å². The van der Waals surface area contributed by atoms with Crippen molar-refractivity contribution in [2.75, 3.05) is 44.3 Å². The zero-order valence-electron chi connectivity index (χ0n) is 14.1. The summed E-state index contributed by atoms with van der Waals surface area (Å²) in [6.07, 6.45) is 1.52. The van der Waals surface area contributed by atoms with E-state index in [4.69, 9.17) is 9.47 Å². The zero-order valence-corrected chi connectivity index (χ0v) is 14.1. The molecule has 0 radical (unpaired) electrons. The molecule has 1 aromatic rings. The molecule has 0 atom stereocenters. The Bertz CT molecular complexity index is 524. The van der Waals surface area contributed by atoms with Gasteiger partial charge >= 0.3 is 0 Å². The predicted molar refractivity (Wildman–Crippen MR) is 89.8 cm³/mol. The number of piperidine rings is 1. The van der Waals surface area contributed by atoms with E-state index in [0.29, 0.717) is 26.3 Å². The van der Waals surface area contributed by atoms with Crippen molar-refractivity contribution >= 4 is 11.6 Å². The molecule has 0 saturated carbocycles. The minimum atomic E-state index is -0.427. The van der Waals surface area contributed by atoms with Crippen LogP contribution < -0.4 is 4.90 Å². The van der Waals surface area contributed by atoms with E-state index >= 15 is 0 Å². The smallest absolute Gasteiger partial charge is 0.253 e. The van der Waals surface area contributed by atoms with Crippen LogP contribution in [0.5, 0.6) is 0 Å². The third-order valence-corrected chi connectivity index (χ3v) is 4.87. The average molecular weight is 318 g/mol. The molecule has 126 valence electrons. The number of rotatable bonds is 4. The molecule has 1 spiro atoms. The number of benzene rings is 1.